The summed E-state index contributed by atoms with van der Waals surface area (Å²) in [6.07, 6.45) is 0. The number of rotatable bonds is 3. The monoisotopic (exact) mass is 278 g/mol. The Morgan fingerprint density at radius 3 is 2.60 bits per heavy atom. The van der Waals surface area contributed by atoms with Gasteiger partial charge in [-0.2, -0.15) is 4.98 Å². The lowest BCUT2D eigenvalue weighted by Crippen LogP contribution is -2.57. The second-order valence-electron chi connectivity index (χ2n) is 5.92. The van der Waals surface area contributed by atoms with E-state index in [4.69, 9.17) is 4.52 Å². The van der Waals surface area contributed by atoms with Crippen molar-refractivity contribution in [1.82, 2.24) is 30.2 Å². The first-order chi connectivity index (χ1) is 9.88. The molecule has 4 fully saturated rings. The van der Waals surface area contributed by atoms with Gasteiger partial charge in [0.1, 0.15) is 0 Å². The molecule has 110 valence electrons. The number of hydrogen-bond acceptors (Lipinski definition) is 7. The van der Waals surface area contributed by atoms with Gasteiger partial charge in [-0.05, 0) is 0 Å². The molecule has 4 aliphatic heterocycles. The first-order valence-electron chi connectivity index (χ1n) is 7.60. The summed E-state index contributed by atoms with van der Waals surface area (Å²) in [5, 5.41) is 7.58. The zero-order valence-corrected chi connectivity index (χ0v) is 11.8. The predicted molar refractivity (Wildman–Crippen MR) is 73.2 cm³/mol. The van der Waals surface area contributed by atoms with Gasteiger partial charge in [-0.25, -0.2) is 0 Å². The number of piperazine rings is 4. The van der Waals surface area contributed by atoms with Crippen LogP contribution in [0, 0.1) is 0 Å². The number of nitrogens with zero attached hydrogens (tertiary/aromatic N) is 5. The fraction of sp³-hybridized carbons (Fsp3) is 0.846. The Kier molecular flexibility index (Phi) is 3.43. The molecular formula is C13H22N6O. The molecule has 1 aromatic heterocycles. The molecule has 0 spiro atoms. The Hall–Kier alpha value is -1.02. The van der Waals surface area contributed by atoms with Crippen molar-refractivity contribution in [3.63, 3.8) is 0 Å². The van der Waals surface area contributed by atoms with Crippen molar-refractivity contribution in [3.05, 3.63) is 11.7 Å². The van der Waals surface area contributed by atoms with E-state index in [1.54, 1.807) is 0 Å². The van der Waals surface area contributed by atoms with Crippen LogP contribution in [-0.4, -0.2) is 83.7 Å². The molecule has 5 rings (SSSR count). The Labute approximate surface area is 118 Å². The van der Waals surface area contributed by atoms with Crippen LogP contribution in [0.2, 0.25) is 0 Å². The van der Waals surface area contributed by atoms with E-state index in [1.807, 2.05) is 0 Å². The molecule has 1 atom stereocenters. The molecule has 0 saturated carbocycles. The van der Waals surface area contributed by atoms with E-state index in [1.165, 1.54) is 13.1 Å². The number of aromatic nitrogens is 2. The third kappa shape index (κ3) is 2.46. The van der Waals surface area contributed by atoms with Gasteiger partial charge >= 0.3 is 0 Å². The summed E-state index contributed by atoms with van der Waals surface area (Å²) < 4.78 is 5.46. The molecule has 0 amide bonds. The zero-order valence-electron chi connectivity index (χ0n) is 11.8. The summed E-state index contributed by atoms with van der Waals surface area (Å²) >= 11 is 0. The fourth-order valence-electron chi connectivity index (χ4n) is 3.39. The van der Waals surface area contributed by atoms with Crippen molar-refractivity contribution in [1.29, 1.82) is 0 Å². The quantitative estimate of drug-likeness (QED) is 0.772. The molecule has 1 aromatic rings. The standard InChI is InChI=1S/C13H22N6O/c1-3-17(4-2-14-1)10-12-15-13(16-20-12)11-9-18-5-7-19(11)8-6-18/h11,14H,1-10H2. The number of fused-ring (bicyclic) bond motifs is 3. The summed E-state index contributed by atoms with van der Waals surface area (Å²) in [6.45, 7) is 10.7. The molecule has 20 heavy (non-hydrogen) atoms. The van der Waals surface area contributed by atoms with Gasteiger partial charge in [0, 0.05) is 58.9 Å². The summed E-state index contributed by atoms with van der Waals surface area (Å²) in [5.74, 6) is 1.64. The second-order valence-corrected chi connectivity index (χ2v) is 5.92. The molecular weight excluding hydrogens is 256 g/mol. The molecule has 4 aliphatic rings. The third-order valence-corrected chi connectivity index (χ3v) is 4.63. The van der Waals surface area contributed by atoms with Gasteiger partial charge in [-0.1, -0.05) is 5.16 Å². The Bertz CT molecular complexity index is 449. The van der Waals surface area contributed by atoms with Gasteiger partial charge in [-0.15, -0.1) is 0 Å². The van der Waals surface area contributed by atoms with Crippen LogP contribution in [0.3, 0.4) is 0 Å². The van der Waals surface area contributed by atoms with Crippen LogP contribution in [0.25, 0.3) is 0 Å². The van der Waals surface area contributed by atoms with E-state index in [2.05, 4.69) is 30.2 Å². The van der Waals surface area contributed by atoms with Gasteiger partial charge < -0.3 is 9.84 Å². The van der Waals surface area contributed by atoms with Gasteiger partial charge in [-0.3, -0.25) is 14.7 Å². The van der Waals surface area contributed by atoms with Gasteiger partial charge in [0.25, 0.3) is 0 Å². The van der Waals surface area contributed by atoms with Gasteiger partial charge in [0.05, 0.1) is 12.6 Å². The van der Waals surface area contributed by atoms with Crippen molar-refractivity contribution in [2.45, 2.75) is 12.6 Å². The topological polar surface area (TPSA) is 60.7 Å². The molecule has 0 radical (unpaired) electrons. The molecule has 7 heteroatoms. The van der Waals surface area contributed by atoms with Crippen molar-refractivity contribution in [3.8, 4) is 0 Å². The van der Waals surface area contributed by atoms with E-state index in [9.17, 15) is 0 Å². The number of hydrogen-bond donors (Lipinski definition) is 1. The first-order valence-corrected chi connectivity index (χ1v) is 7.60. The van der Waals surface area contributed by atoms with Crippen LogP contribution < -0.4 is 5.32 Å². The molecule has 0 aromatic carbocycles. The lowest BCUT2D eigenvalue weighted by Gasteiger charge is -2.46. The molecule has 7 nitrogen and oxygen atoms in total. The highest BCUT2D eigenvalue weighted by atomic mass is 16.5. The SMILES string of the molecule is C1CN(Cc2nc(C3CN4CCN3CC4)no2)CCN1. The van der Waals surface area contributed by atoms with Crippen LogP contribution >= 0.6 is 0 Å². The lowest BCUT2D eigenvalue weighted by molar-refractivity contribution is 0.00781. The Morgan fingerprint density at radius 1 is 1.10 bits per heavy atom. The van der Waals surface area contributed by atoms with Crippen LogP contribution in [0.5, 0.6) is 0 Å². The van der Waals surface area contributed by atoms with Crippen molar-refractivity contribution in [2.75, 3.05) is 58.9 Å². The summed E-state index contributed by atoms with van der Waals surface area (Å²) in [4.78, 5) is 12.0. The molecule has 2 bridgehead atoms. The van der Waals surface area contributed by atoms with Crippen molar-refractivity contribution in [2.24, 2.45) is 0 Å². The summed E-state index contributed by atoms with van der Waals surface area (Å²) in [5.41, 5.74) is 0. The van der Waals surface area contributed by atoms with E-state index in [-0.39, 0.29) is 0 Å². The van der Waals surface area contributed by atoms with Crippen LogP contribution in [-0.2, 0) is 6.54 Å². The van der Waals surface area contributed by atoms with Crippen LogP contribution in [0.15, 0.2) is 4.52 Å². The van der Waals surface area contributed by atoms with Gasteiger partial charge in [0.15, 0.2) is 5.82 Å². The highest BCUT2D eigenvalue weighted by Gasteiger charge is 2.35. The minimum Gasteiger partial charge on any atom is -0.338 e. The van der Waals surface area contributed by atoms with Crippen molar-refractivity contribution >= 4 is 0 Å². The molecule has 1 unspecified atom stereocenters. The highest BCUT2D eigenvalue weighted by Crippen LogP contribution is 2.26. The van der Waals surface area contributed by atoms with Gasteiger partial charge in [0.2, 0.25) is 5.89 Å². The Balaban J connectivity index is 1.42. The third-order valence-electron chi connectivity index (χ3n) is 4.63. The van der Waals surface area contributed by atoms with E-state index >= 15 is 0 Å². The molecule has 1 N–H and O–H groups in total. The summed E-state index contributed by atoms with van der Waals surface area (Å²) in [6, 6.07) is 0.332. The zero-order chi connectivity index (χ0) is 13.4. The van der Waals surface area contributed by atoms with E-state index < -0.39 is 0 Å². The fourth-order valence-corrected chi connectivity index (χ4v) is 3.39. The average Bonchev–Trinajstić information content (AvgIpc) is 2.98. The summed E-state index contributed by atoms with van der Waals surface area (Å²) in [7, 11) is 0. The maximum Gasteiger partial charge on any atom is 0.240 e. The van der Waals surface area contributed by atoms with Crippen molar-refractivity contribution < 1.29 is 4.52 Å². The molecule has 4 saturated heterocycles. The van der Waals surface area contributed by atoms with Crippen LogP contribution in [0.1, 0.15) is 17.8 Å². The molecule has 5 heterocycles. The minimum absolute atomic E-state index is 0.332. The normalized spacial score (nSPS) is 34.5. The maximum atomic E-state index is 5.46. The Morgan fingerprint density at radius 2 is 1.90 bits per heavy atom. The van der Waals surface area contributed by atoms with E-state index in [0.29, 0.717) is 6.04 Å². The minimum atomic E-state index is 0.332. The van der Waals surface area contributed by atoms with Crippen LogP contribution in [0.4, 0.5) is 0 Å². The number of nitrogens with one attached hydrogen (secondary N) is 1. The largest absolute Gasteiger partial charge is 0.338 e. The second kappa shape index (κ2) is 5.40. The average molecular weight is 278 g/mol. The maximum absolute atomic E-state index is 5.46. The smallest absolute Gasteiger partial charge is 0.240 e. The highest BCUT2D eigenvalue weighted by molar-refractivity contribution is 5.01. The molecule has 0 aliphatic carbocycles. The lowest BCUT2D eigenvalue weighted by atomic mass is 10.1. The van der Waals surface area contributed by atoms with E-state index in [0.717, 1.165) is 64.1 Å². The predicted octanol–water partition coefficient (Wildman–Crippen LogP) is -0.853. The first kappa shape index (κ1) is 12.7.